The highest BCUT2D eigenvalue weighted by Crippen LogP contribution is 2.40. The van der Waals surface area contributed by atoms with Gasteiger partial charge in [-0.3, -0.25) is 9.59 Å². The first kappa shape index (κ1) is 17.7. The Hall–Kier alpha value is -3.09. The molecule has 1 aromatic carbocycles. The molecule has 0 aliphatic heterocycles. The van der Waals surface area contributed by atoms with Gasteiger partial charge in [0, 0.05) is 24.6 Å². The Morgan fingerprint density at radius 2 is 1.77 bits per heavy atom. The molecule has 7 heteroatoms. The van der Waals surface area contributed by atoms with Crippen molar-refractivity contribution in [3.63, 3.8) is 0 Å². The fourth-order valence-corrected chi connectivity index (χ4v) is 3.50. The van der Waals surface area contributed by atoms with Crippen molar-refractivity contribution in [2.24, 2.45) is 5.41 Å². The second-order valence-corrected chi connectivity index (χ2v) is 6.67. The number of carboxylic acid groups (broad SMARTS) is 1. The van der Waals surface area contributed by atoms with Gasteiger partial charge >= 0.3 is 5.97 Å². The molecule has 1 aliphatic rings. The zero-order valence-corrected chi connectivity index (χ0v) is 14.1. The first-order valence-corrected chi connectivity index (χ1v) is 8.44. The van der Waals surface area contributed by atoms with E-state index in [1.54, 1.807) is 12.1 Å². The number of aromatic hydroxyl groups is 1. The van der Waals surface area contributed by atoms with Crippen LogP contribution in [0.3, 0.4) is 0 Å². The van der Waals surface area contributed by atoms with Crippen LogP contribution in [0.4, 0.5) is 5.69 Å². The van der Waals surface area contributed by atoms with Crippen LogP contribution in [0.2, 0.25) is 0 Å². The molecule has 136 valence electrons. The number of hydrogen-bond donors (Lipinski definition) is 3. The molecule has 0 unspecified atom stereocenters. The van der Waals surface area contributed by atoms with Gasteiger partial charge in [0.2, 0.25) is 11.3 Å². The summed E-state index contributed by atoms with van der Waals surface area (Å²) in [6.45, 7) is 0.194. The molecule has 3 N–H and O–H groups in total. The zero-order chi connectivity index (χ0) is 18.7. The highest BCUT2D eigenvalue weighted by Gasteiger charge is 2.41. The lowest BCUT2D eigenvalue weighted by Crippen LogP contribution is -2.38. The van der Waals surface area contributed by atoms with Crippen molar-refractivity contribution in [2.75, 3.05) is 5.32 Å². The number of pyridine rings is 1. The molecule has 1 saturated carbocycles. The van der Waals surface area contributed by atoms with Gasteiger partial charge in [-0.25, -0.2) is 4.79 Å². The van der Waals surface area contributed by atoms with Crippen LogP contribution in [-0.2, 0) is 11.3 Å². The van der Waals surface area contributed by atoms with E-state index >= 15 is 0 Å². The molecule has 7 nitrogen and oxygen atoms in total. The summed E-state index contributed by atoms with van der Waals surface area (Å²) >= 11 is 0. The van der Waals surface area contributed by atoms with Crippen LogP contribution >= 0.6 is 0 Å². The normalized spacial score (nSPS) is 15.5. The predicted molar refractivity (Wildman–Crippen MR) is 95.3 cm³/mol. The van der Waals surface area contributed by atoms with Crippen LogP contribution in [0.15, 0.2) is 47.5 Å². The molecule has 0 saturated heterocycles. The van der Waals surface area contributed by atoms with Gasteiger partial charge in [-0.15, -0.1) is 0 Å². The molecule has 1 aromatic heterocycles. The molecule has 0 radical (unpaired) electrons. The molecule has 2 aromatic rings. The van der Waals surface area contributed by atoms with Crippen molar-refractivity contribution in [3.05, 3.63) is 58.5 Å². The van der Waals surface area contributed by atoms with Gasteiger partial charge < -0.3 is 20.1 Å². The fraction of sp³-hybridized carbons (Fsp3) is 0.316. The molecular formula is C19H20N2O5. The maximum Gasteiger partial charge on any atom is 0.341 e. The summed E-state index contributed by atoms with van der Waals surface area (Å²) in [4.78, 5) is 35.9. The number of benzene rings is 1. The lowest BCUT2D eigenvalue weighted by molar-refractivity contribution is -0.126. The van der Waals surface area contributed by atoms with Crippen molar-refractivity contribution >= 4 is 17.6 Å². The largest absolute Gasteiger partial charge is 0.503 e. The summed E-state index contributed by atoms with van der Waals surface area (Å²) in [5.74, 6) is -2.19. The lowest BCUT2D eigenvalue weighted by Gasteiger charge is -2.29. The topological polar surface area (TPSA) is 109 Å². The van der Waals surface area contributed by atoms with E-state index in [0.29, 0.717) is 18.5 Å². The van der Waals surface area contributed by atoms with Crippen LogP contribution in [0.1, 0.15) is 36.0 Å². The minimum atomic E-state index is -1.41. The molecule has 0 atom stereocenters. The quantitative estimate of drug-likeness (QED) is 0.762. The molecule has 0 spiro atoms. The highest BCUT2D eigenvalue weighted by molar-refractivity contribution is 5.95. The number of nitrogens with one attached hydrogen (secondary N) is 1. The maximum absolute atomic E-state index is 12.9. The molecule has 1 amide bonds. The van der Waals surface area contributed by atoms with Crippen LogP contribution in [0, 0.1) is 5.41 Å². The van der Waals surface area contributed by atoms with E-state index in [9.17, 15) is 19.5 Å². The second-order valence-electron chi connectivity index (χ2n) is 6.67. The minimum Gasteiger partial charge on any atom is -0.503 e. The standard InChI is InChI=1S/C19H20N2O5/c22-15-11-21(10-14(16(15)23)17(24)25)12-19(8-4-5-9-19)18(26)20-13-6-2-1-3-7-13/h1-3,6-7,10-11,22H,4-5,8-9,12H2,(H,20,26)(H,24,25). The molecular weight excluding hydrogens is 336 g/mol. The van der Waals surface area contributed by atoms with E-state index in [0.717, 1.165) is 12.8 Å². The second kappa shape index (κ2) is 7.03. The number of hydrogen-bond acceptors (Lipinski definition) is 4. The van der Waals surface area contributed by atoms with Crippen molar-refractivity contribution < 1.29 is 19.8 Å². The Morgan fingerprint density at radius 3 is 2.38 bits per heavy atom. The Labute approximate surface area is 149 Å². The first-order valence-electron chi connectivity index (χ1n) is 8.44. The Bertz CT molecular complexity index is 883. The summed E-state index contributed by atoms with van der Waals surface area (Å²) in [6, 6.07) is 9.12. The number of anilines is 1. The maximum atomic E-state index is 12.9. The number of carbonyl (C=O) groups is 2. The highest BCUT2D eigenvalue weighted by atomic mass is 16.4. The number of para-hydroxylation sites is 1. The minimum absolute atomic E-state index is 0.142. The smallest absolute Gasteiger partial charge is 0.341 e. The van der Waals surface area contributed by atoms with Crippen molar-refractivity contribution in [2.45, 2.75) is 32.2 Å². The SMILES string of the molecule is O=C(O)c1cn(CC2(C(=O)Nc3ccccc3)CCCC2)cc(O)c1=O. The molecule has 1 aliphatic carbocycles. The van der Waals surface area contributed by atoms with Crippen molar-refractivity contribution in [1.29, 1.82) is 0 Å². The third kappa shape index (κ3) is 3.46. The summed E-state index contributed by atoms with van der Waals surface area (Å²) in [6.07, 6.45) is 5.45. The Kier molecular flexibility index (Phi) is 4.79. The van der Waals surface area contributed by atoms with Crippen LogP contribution < -0.4 is 10.7 Å². The van der Waals surface area contributed by atoms with Crippen LogP contribution in [-0.4, -0.2) is 26.7 Å². The van der Waals surface area contributed by atoms with E-state index in [4.69, 9.17) is 5.11 Å². The average Bonchev–Trinajstić information content (AvgIpc) is 3.08. The van der Waals surface area contributed by atoms with Gasteiger partial charge in [0.1, 0.15) is 5.56 Å². The zero-order valence-electron chi connectivity index (χ0n) is 14.1. The fourth-order valence-electron chi connectivity index (χ4n) is 3.50. The third-order valence-corrected chi connectivity index (χ3v) is 4.85. The average molecular weight is 356 g/mol. The van der Waals surface area contributed by atoms with Gasteiger partial charge in [-0.2, -0.15) is 0 Å². The number of aromatic carboxylic acids is 1. The lowest BCUT2D eigenvalue weighted by atomic mass is 9.84. The van der Waals surface area contributed by atoms with Crippen LogP contribution in [0.5, 0.6) is 5.75 Å². The van der Waals surface area contributed by atoms with E-state index in [-0.39, 0.29) is 12.5 Å². The number of carbonyl (C=O) groups excluding carboxylic acids is 1. The summed E-state index contributed by atoms with van der Waals surface area (Å²) in [5.41, 5.74) is -1.46. The number of amides is 1. The van der Waals surface area contributed by atoms with Gasteiger partial charge in [0.25, 0.3) is 0 Å². The summed E-state index contributed by atoms with van der Waals surface area (Å²) in [7, 11) is 0. The van der Waals surface area contributed by atoms with E-state index in [1.807, 2.05) is 18.2 Å². The summed E-state index contributed by atoms with van der Waals surface area (Å²) in [5, 5.41) is 21.8. The third-order valence-electron chi connectivity index (χ3n) is 4.85. The number of carboxylic acids is 1. The predicted octanol–water partition coefficient (Wildman–Crippen LogP) is 2.45. The monoisotopic (exact) mass is 356 g/mol. The van der Waals surface area contributed by atoms with Crippen molar-refractivity contribution in [3.8, 4) is 5.75 Å². The number of aromatic nitrogens is 1. The number of rotatable bonds is 5. The van der Waals surface area contributed by atoms with E-state index in [2.05, 4.69) is 5.32 Å². The molecule has 3 rings (SSSR count). The van der Waals surface area contributed by atoms with Gasteiger partial charge in [0.05, 0.1) is 5.41 Å². The van der Waals surface area contributed by atoms with Gasteiger partial charge in [-0.1, -0.05) is 31.0 Å². The Balaban J connectivity index is 1.90. The number of nitrogens with zero attached hydrogens (tertiary/aromatic N) is 1. The van der Waals surface area contributed by atoms with Crippen molar-refractivity contribution in [1.82, 2.24) is 4.57 Å². The molecule has 0 bridgehead atoms. The molecule has 1 fully saturated rings. The van der Waals surface area contributed by atoms with Gasteiger partial charge in [0.15, 0.2) is 5.75 Å². The van der Waals surface area contributed by atoms with E-state index < -0.39 is 28.1 Å². The molecule has 1 heterocycles. The van der Waals surface area contributed by atoms with Crippen LogP contribution in [0.25, 0.3) is 0 Å². The molecule has 26 heavy (non-hydrogen) atoms. The first-order chi connectivity index (χ1) is 12.4. The van der Waals surface area contributed by atoms with Gasteiger partial charge in [-0.05, 0) is 25.0 Å². The summed E-state index contributed by atoms with van der Waals surface area (Å²) < 4.78 is 1.43. The van der Waals surface area contributed by atoms with E-state index in [1.165, 1.54) is 17.0 Å². The Morgan fingerprint density at radius 1 is 1.12 bits per heavy atom.